The molecule has 25 heavy (non-hydrogen) atoms. The number of anilines is 1. The maximum atomic E-state index is 11.4. The molecule has 2 aromatic rings. The van der Waals surface area contributed by atoms with Crippen LogP contribution in [0.1, 0.15) is 18.4 Å². The van der Waals surface area contributed by atoms with Crippen LogP contribution in [0.2, 0.25) is 0 Å². The Morgan fingerprint density at radius 1 is 1.40 bits per heavy atom. The van der Waals surface area contributed by atoms with Crippen molar-refractivity contribution in [3.05, 3.63) is 18.0 Å². The second-order valence-electron chi connectivity index (χ2n) is 7.19. The third-order valence-corrected chi connectivity index (χ3v) is 6.61. The predicted molar refractivity (Wildman–Crippen MR) is 92.8 cm³/mol. The van der Waals surface area contributed by atoms with Gasteiger partial charge in [-0.25, -0.2) is 10.1 Å². The number of nitrogens with zero attached hydrogens (tertiary/aromatic N) is 5. The second-order valence-corrected chi connectivity index (χ2v) is 8.80. The highest BCUT2D eigenvalue weighted by Crippen LogP contribution is 2.51. The molecule has 2 aliphatic rings. The first kappa shape index (κ1) is 16.6. The Labute approximate surface area is 146 Å². The minimum absolute atomic E-state index is 0.00213. The Morgan fingerprint density at radius 3 is 2.68 bits per heavy atom. The Hall–Kier alpha value is -1.91. The average Bonchev–Trinajstić information content (AvgIpc) is 2.80. The van der Waals surface area contributed by atoms with E-state index in [4.69, 9.17) is 9.88 Å². The summed E-state index contributed by atoms with van der Waals surface area (Å²) in [5.74, 6) is 1.58. The molecule has 2 N–H and O–H groups in total. The first-order chi connectivity index (χ1) is 11.7. The summed E-state index contributed by atoms with van der Waals surface area (Å²) in [6.45, 7) is 3.74. The van der Waals surface area contributed by atoms with Gasteiger partial charge in [0.1, 0.15) is 11.8 Å². The van der Waals surface area contributed by atoms with E-state index in [9.17, 15) is 8.42 Å². The van der Waals surface area contributed by atoms with Crippen LogP contribution in [0.15, 0.2) is 12.4 Å². The smallest absolute Gasteiger partial charge is 0.276 e. The third kappa shape index (κ3) is 2.47. The maximum Gasteiger partial charge on any atom is 0.276 e. The fourth-order valence-electron chi connectivity index (χ4n) is 4.12. The molecule has 0 aromatic carbocycles. The van der Waals surface area contributed by atoms with Gasteiger partial charge in [-0.05, 0) is 25.3 Å². The van der Waals surface area contributed by atoms with Gasteiger partial charge in [0.15, 0.2) is 5.82 Å². The van der Waals surface area contributed by atoms with Gasteiger partial charge in [0.05, 0.1) is 7.11 Å². The predicted octanol–water partition coefficient (Wildman–Crippen LogP) is 0.150. The summed E-state index contributed by atoms with van der Waals surface area (Å²) >= 11 is 0. The molecule has 1 aliphatic heterocycles. The van der Waals surface area contributed by atoms with E-state index in [0.717, 1.165) is 42.8 Å². The summed E-state index contributed by atoms with van der Waals surface area (Å²) < 4.78 is 31.3. The number of nitrogens with two attached hydrogens (primary N) is 1. The second kappa shape index (κ2) is 5.29. The molecule has 10 heteroatoms. The van der Waals surface area contributed by atoms with Crippen LogP contribution in [0.25, 0.3) is 5.52 Å². The van der Waals surface area contributed by atoms with Gasteiger partial charge < -0.3 is 9.64 Å². The van der Waals surface area contributed by atoms with Crippen LogP contribution >= 0.6 is 0 Å². The monoisotopic (exact) mass is 366 g/mol. The molecule has 3 heterocycles. The van der Waals surface area contributed by atoms with E-state index >= 15 is 0 Å². The molecule has 1 saturated heterocycles. The van der Waals surface area contributed by atoms with Crippen molar-refractivity contribution in [2.45, 2.75) is 25.8 Å². The van der Waals surface area contributed by atoms with Crippen molar-refractivity contribution in [3.8, 4) is 5.88 Å². The highest BCUT2D eigenvalue weighted by atomic mass is 32.2. The lowest BCUT2D eigenvalue weighted by Gasteiger charge is -2.60. The fourth-order valence-corrected chi connectivity index (χ4v) is 4.69. The largest absolute Gasteiger partial charge is 0.481 e. The number of hydrogen-bond donors (Lipinski definition) is 1. The van der Waals surface area contributed by atoms with Crippen molar-refractivity contribution >= 4 is 21.5 Å². The van der Waals surface area contributed by atoms with Crippen molar-refractivity contribution in [2.75, 3.05) is 32.1 Å². The van der Waals surface area contributed by atoms with Crippen LogP contribution in [0, 0.1) is 12.3 Å². The van der Waals surface area contributed by atoms with Crippen molar-refractivity contribution < 1.29 is 13.2 Å². The summed E-state index contributed by atoms with van der Waals surface area (Å²) in [5.41, 5.74) is 2.18. The Kier molecular flexibility index (Phi) is 3.50. The number of ether oxygens (including phenoxy) is 1. The van der Waals surface area contributed by atoms with Gasteiger partial charge in [-0.2, -0.15) is 22.3 Å². The van der Waals surface area contributed by atoms with Crippen LogP contribution in [-0.4, -0.2) is 60.6 Å². The zero-order chi connectivity index (χ0) is 18.0. The zero-order valence-corrected chi connectivity index (χ0v) is 15.3. The molecule has 136 valence electrons. The number of rotatable bonds is 4. The molecule has 0 unspecified atom stereocenters. The van der Waals surface area contributed by atoms with E-state index in [0.29, 0.717) is 5.88 Å². The molecule has 2 fully saturated rings. The van der Waals surface area contributed by atoms with E-state index < -0.39 is 10.2 Å². The summed E-state index contributed by atoms with van der Waals surface area (Å²) in [5, 5.41) is 9.48. The zero-order valence-electron chi connectivity index (χ0n) is 14.5. The van der Waals surface area contributed by atoms with Gasteiger partial charge in [-0.15, -0.1) is 0 Å². The first-order valence-electron chi connectivity index (χ1n) is 8.12. The quantitative estimate of drug-likeness (QED) is 0.826. The summed E-state index contributed by atoms with van der Waals surface area (Å²) in [6.07, 6.45) is 3.20. The number of fused-ring (bicyclic) bond motifs is 1. The van der Waals surface area contributed by atoms with Gasteiger partial charge in [-0.1, -0.05) is 0 Å². The van der Waals surface area contributed by atoms with Crippen molar-refractivity contribution in [1.29, 1.82) is 0 Å². The third-order valence-electron chi connectivity index (χ3n) is 5.51. The van der Waals surface area contributed by atoms with E-state index in [1.165, 1.54) is 10.6 Å². The molecular formula is C15H22N6O3S. The molecule has 1 aliphatic carbocycles. The number of aryl methyl sites for hydroxylation is 1. The van der Waals surface area contributed by atoms with E-state index in [1.807, 2.05) is 13.0 Å². The number of methoxy groups -OCH3 is 1. The van der Waals surface area contributed by atoms with Gasteiger partial charge in [0, 0.05) is 37.7 Å². The van der Waals surface area contributed by atoms with Gasteiger partial charge >= 0.3 is 0 Å². The molecule has 0 atom stereocenters. The average molecular weight is 366 g/mol. The summed E-state index contributed by atoms with van der Waals surface area (Å²) in [4.78, 5) is 6.69. The van der Waals surface area contributed by atoms with Crippen LogP contribution in [0.4, 0.5) is 5.82 Å². The highest BCUT2D eigenvalue weighted by molar-refractivity contribution is 7.86. The minimum atomic E-state index is -3.62. The molecule has 4 rings (SSSR count). The van der Waals surface area contributed by atoms with E-state index in [1.54, 1.807) is 18.7 Å². The molecule has 0 radical (unpaired) electrons. The van der Waals surface area contributed by atoms with Gasteiger partial charge in [0.2, 0.25) is 5.88 Å². The molecule has 2 aromatic heterocycles. The van der Waals surface area contributed by atoms with Crippen molar-refractivity contribution in [3.63, 3.8) is 0 Å². The Bertz CT molecular complexity index is 926. The molecule has 0 bridgehead atoms. The SMILES string of the molecule is COc1cc(C)c2c(N3CC4(CC(N(C)S(N)(=O)=O)C4)C3)ncnn12. The van der Waals surface area contributed by atoms with Crippen LogP contribution < -0.4 is 14.8 Å². The lowest BCUT2D eigenvalue weighted by atomic mass is 9.60. The Balaban J connectivity index is 1.51. The minimum Gasteiger partial charge on any atom is -0.481 e. The summed E-state index contributed by atoms with van der Waals surface area (Å²) in [6, 6.07) is 1.95. The van der Waals surface area contributed by atoms with E-state index in [2.05, 4.69) is 15.0 Å². The van der Waals surface area contributed by atoms with Crippen LogP contribution in [0.5, 0.6) is 5.88 Å². The molecule has 1 spiro atoms. The van der Waals surface area contributed by atoms with Gasteiger partial charge in [0.25, 0.3) is 10.2 Å². The molecule has 9 nitrogen and oxygen atoms in total. The molecular weight excluding hydrogens is 344 g/mol. The molecule has 1 saturated carbocycles. The molecule has 0 amide bonds. The summed E-state index contributed by atoms with van der Waals surface area (Å²) in [7, 11) is -0.443. The number of hydrogen-bond acceptors (Lipinski definition) is 6. The lowest BCUT2D eigenvalue weighted by molar-refractivity contribution is 0.0207. The van der Waals surface area contributed by atoms with Gasteiger partial charge in [-0.3, -0.25) is 0 Å². The van der Waals surface area contributed by atoms with Crippen molar-refractivity contribution in [2.24, 2.45) is 10.6 Å². The van der Waals surface area contributed by atoms with E-state index in [-0.39, 0.29) is 11.5 Å². The normalized spacial score (nSPS) is 20.1. The maximum absolute atomic E-state index is 11.4. The lowest BCUT2D eigenvalue weighted by Crippen LogP contribution is -2.67. The first-order valence-corrected chi connectivity index (χ1v) is 9.62. The van der Waals surface area contributed by atoms with Crippen molar-refractivity contribution in [1.82, 2.24) is 18.9 Å². The topological polar surface area (TPSA) is 106 Å². The highest BCUT2D eigenvalue weighted by Gasteiger charge is 2.55. The van der Waals surface area contributed by atoms with Crippen LogP contribution in [-0.2, 0) is 10.2 Å². The fraction of sp³-hybridized carbons (Fsp3) is 0.600. The Morgan fingerprint density at radius 2 is 2.08 bits per heavy atom. The number of aromatic nitrogens is 3. The van der Waals surface area contributed by atoms with Crippen LogP contribution in [0.3, 0.4) is 0 Å². The standard InChI is InChI=1S/C15H22N6O3S/c1-10-4-12(24-3)21-13(10)14(17-9-18-21)20-7-15(8-20)5-11(6-15)19(2)25(16,22)23/h4,9,11H,5-8H2,1-3H3,(H2,16,22,23).